The van der Waals surface area contributed by atoms with Crippen molar-refractivity contribution in [1.82, 2.24) is 4.57 Å². The molecule has 2 aliphatic rings. The molecule has 2 heterocycles. The quantitative estimate of drug-likeness (QED) is 0.405. The molecule has 6 nitrogen and oxygen atoms in total. The highest BCUT2D eigenvalue weighted by atomic mass is 79.9. The number of carbonyl (C=O) groups excluding carboxylic acids is 1. The number of benzene rings is 2. The van der Waals surface area contributed by atoms with E-state index in [2.05, 4.69) is 15.9 Å². The van der Waals surface area contributed by atoms with E-state index >= 15 is 0 Å². The van der Waals surface area contributed by atoms with Crippen molar-refractivity contribution >= 4 is 32.7 Å². The number of rotatable bonds is 6. The van der Waals surface area contributed by atoms with Crippen LogP contribution in [0.15, 0.2) is 57.8 Å². The fraction of sp³-hybridized carbons (Fsp3) is 0.407. The van der Waals surface area contributed by atoms with Crippen LogP contribution >= 0.6 is 15.9 Å². The molecule has 1 aliphatic heterocycles. The van der Waals surface area contributed by atoms with Gasteiger partial charge in [0.1, 0.15) is 12.4 Å². The Balaban J connectivity index is 1.54. The largest absolute Gasteiger partial charge is 0.489 e. The lowest BCUT2D eigenvalue weighted by atomic mass is 9.79. The molecule has 0 unspecified atom stereocenters. The summed E-state index contributed by atoms with van der Waals surface area (Å²) in [7, 11) is 1.42. The number of esters is 1. The normalized spacial score (nSPS) is 20.6. The first-order chi connectivity index (χ1) is 16.6. The van der Waals surface area contributed by atoms with Crippen LogP contribution in [0.4, 0.5) is 0 Å². The van der Waals surface area contributed by atoms with Gasteiger partial charge in [0.15, 0.2) is 0 Å². The third kappa shape index (κ3) is 4.39. The Labute approximate surface area is 206 Å². The van der Waals surface area contributed by atoms with Gasteiger partial charge in [-0.2, -0.15) is 0 Å². The van der Waals surface area contributed by atoms with Crippen molar-refractivity contribution in [3.63, 3.8) is 0 Å². The minimum atomic E-state index is -0.201. The number of carbonyl (C=O) groups is 1. The van der Waals surface area contributed by atoms with Gasteiger partial charge in [-0.1, -0.05) is 30.3 Å². The number of hydrogen-bond acceptors (Lipinski definition) is 5. The summed E-state index contributed by atoms with van der Waals surface area (Å²) in [6, 6.07) is 15.7. The zero-order chi connectivity index (χ0) is 23.7. The molecule has 0 radical (unpaired) electrons. The fourth-order valence-electron chi connectivity index (χ4n) is 5.07. The summed E-state index contributed by atoms with van der Waals surface area (Å²) in [5.41, 5.74) is 2.06. The van der Waals surface area contributed by atoms with E-state index in [9.17, 15) is 9.59 Å². The second kappa shape index (κ2) is 9.92. The number of nitrogens with zero attached hydrogens (tertiary/aromatic N) is 1. The molecule has 1 saturated heterocycles. The lowest BCUT2D eigenvalue weighted by molar-refractivity contribution is -0.149. The van der Waals surface area contributed by atoms with E-state index < -0.39 is 0 Å². The number of halogens is 1. The summed E-state index contributed by atoms with van der Waals surface area (Å²) in [4.78, 5) is 25.9. The van der Waals surface area contributed by atoms with Gasteiger partial charge in [-0.3, -0.25) is 9.59 Å². The van der Waals surface area contributed by atoms with Crippen LogP contribution in [0.1, 0.15) is 48.9 Å². The predicted molar refractivity (Wildman–Crippen MR) is 133 cm³/mol. The van der Waals surface area contributed by atoms with Gasteiger partial charge in [0, 0.05) is 40.7 Å². The van der Waals surface area contributed by atoms with Crippen molar-refractivity contribution < 1.29 is 19.0 Å². The lowest BCUT2D eigenvalue weighted by Gasteiger charge is -2.38. The predicted octanol–water partition coefficient (Wildman–Crippen LogP) is 5.36. The van der Waals surface area contributed by atoms with E-state index in [1.165, 1.54) is 7.11 Å². The van der Waals surface area contributed by atoms with Crippen molar-refractivity contribution in [1.29, 1.82) is 0 Å². The van der Waals surface area contributed by atoms with Crippen molar-refractivity contribution in [3.05, 3.63) is 74.6 Å². The smallest absolute Gasteiger partial charge is 0.308 e. The minimum Gasteiger partial charge on any atom is -0.489 e. The van der Waals surface area contributed by atoms with Crippen molar-refractivity contribution in [2.24, 2.45) is 5.92 Å². The lowest BCUT2D eigenvalue weighted by Crippen LogP contribution is -2.40. The molecule has 1 aromatic heterocycles. The first-order valence-corrected chi connectivity index (χ1v) is 12.6. The standard InChI is InChI=1S/C27H28BrNO5/c1-32-27(31)19-13-20(14-19)29-25(18-9-11-33-12-10-18)24(28)22-8-7-21(15-23(22)26(29)30)34-16-17-5-3-2-4-6-17/h2-8,15,18-20H,9-14,16H2,1H3. The molecule has 0 bridgehead atoms. The number of pyridine rings is 1. The minimum absolute atomic E-state index is 0.0240. The second-order valence-electron chi connectivity index (χ2n) is 9.09. The van der Waals surface area contributed by atoms with E-state index in [1.807, 2.05) is 53.1 Å². The molecule has 1 saturated carbocycles. The monoisotopic (exact) mass is 525 g/mol. The van der Waals surface area contributed by atoms with Crippen LogP contribution in [0.25, 0.3) is 10.8 Å². The summed E-state index contributed by atoms with van der Waals surface area (Å²) in [6.07, 6.45) is 2.97. The summed E-state index contributed by atoms with van der Waals surface area (Å²) in [5.74, 6) is 0.533. The highest BCUT2D eigenvalue weighted by Gasteiger charge is 2.39. The third-order valence-corrected chi connectivity index (χ3v) is 7.86. The molecule has 3 aromatic rings. The SMILES string of the molecule is COC(=O)C1CC(n2c(C3CCOCC3)c(Br)c3ccc(OCc4ccccc4)cc3c2=O)C1. The molecule has 0 N–H and O–H groups in total. The Hall–Kier alpha value is -2.64. The van der Waals surface area contributed by atoms with Gasteiger partial charge < -0.3 is 18.8 Å². The third-order valence-electron chi connectivity index (χ3n) is 7.03. The van der Waals surface area contributed by atoms with Crippen LogP contribution in [0.2, 0.25) is 0 Å². The molecule has 7 heteroatoms. The molecule has 0 atom stereocenters. The Morgan fingerprint density at radius 2 is 1.82 bits per heavy atom. The van der Waals surface area contributed by atoms with E-state index in [-0.39, 0.29) is 29.4 Å². The van der Waals surface area contributed by atoms with E-state index in [4.69, 9.17) is 14.2 Å². The summed E-state index contributed by atoms with van der Waals surface area (Å²) < 4.78 is 19.4. The molecule has 2 fully saturated rings. The van der Waals surface area contributed by atoms with Crippen molar-refractivity contribution in [2.75, 3.05) is 20.3 Å². The molecule has 5 rings (SSSR count). The first-order valence-electron chi connectivity index (χ1n) is 11.8. The van der Waals surface area contributed by atoms with Gasteiger partial charge in [-0.25, -0.2) is 0 Å². The van der Waals surface area contributed by atoms with Crippen LogP contribution in [0.5, 0.6) is 5.75 Å². The van der Waals surface area contributed by atoms with Gasteiger partial charge in [-0.05, 0) is 65.4 Å². The topological polar surface area (TPSA) is 66.8 Å². The van der Waals surface area contributed by atoms with Crippen LogP contribution in [-0.2, 0) is 20.9 Å². The highest BCUT2D eigenvalue weighted by Crippen LogP contribution is 2.43. The molecule has 0 amide bonds. The number of ether oxygens (including phenoxy) is 3. The summed E-state index contributed by atoms with van der Waals surface area (Å²) >= 11 is 3.85. The Kier molecular flexibility index (Phi) is 6.75. The molecular weight excluding hydrogens is 498 g/mol. The zero-order valence-electron chi connectivity index (χ0n) is 19.2. The zero-order valence-corrected chi connectivity index (χ0v) is 20.8. The average molecular weight is 526 g/mol. The molecule has 0 spiro atoms. The number of aromatic nitrogens is 1. The maximum Gasteiger partial charge on any atom is 0.308 e. The maximum atomic E-state index is 13.9. The molecular formula is C27H28BrNO5. The summed E-state index contributed by atoms with van der Waals surface area (Å²) in [5, 5.41) is 1.51. The second-order valence-corrected chi connectivity index (χ2v) is 9.88. The van der Waals surface area contributed by atoms with E-state index in [1.54, 1.807) is 0 Å². The molecule has 1 aliphatic carbocycles. The maximum absolute atomic E-state index is 13.9. The van der Waals surface area contributed by atoms with E-state index in [0.717, 1.165) is 34.0 Å². The highest BCUT2D eigenvalue weighted by molar-refractivity contribution is 9.10. The Morgan fingerprint density at radius 1 is 1.09 bits per heavy atom. The van der Waals surface area contributed by atoms with Crippen LogP contribution in [0.3, 0.4) is 0 Å². The van der Waals surface area contributed by atoms with Gasteiger partial charge in [-0.15, -0.1) is 0 Å². The van der Waals surface area contributed by atoms with Gasteiger partial charge >= 0.3 is 5.97 Å². The summed E-state index contributed by atoms with van der Waals surface area (Å²) in [6.45, 7) is 1.81. The first kappa shape index (κ1) is 23.1. The molecule has 178 valence electrons. The van der Waals surface area contributed by atoms with Crippen molar-refractivity contribution in [3.8, 4) is 5.75 Å². The average Bonchev–Trinajstić information content (AvgIpc) is 2.85. The van der Waals surface area contributed by atoms with Gasteiger partial charge in [0.25, 0.3) is 5.56 Å². The Morgan fingerprint density at radius 3 is 2.53 bits per heavy atom. The van der Waals surface area contributed by atoms with Gasteiger partial charge in [0.05, 0.1) is 18.4 Å². The Bertz CT molecular complexity index is 1240. The molecule has 34 heavy (non-hydrogen) atoms. The van der Waals surface area contributed by atoms with Crippen molar-refractivity contribution in [2.45, 2.75) is 44.2 Å². The number of methoxy groups -OCH3 is 1. The fourth-order valence-corrected chi connectivity index (χ4v) is 5.93. The number of hydrogen-bond donors (Lipinski definition) is 0. The van der Waals surface area contributed by atoms with Crippen LogP contribution < -0.4 is 10.3 Å². The van der Waals surface area contributed by atoms with Crippen LogP contribution in [0, 0.1) is 5.92 Å². The molecule has 2 aromatic carbocycles. The van der Waals surface area contributed by atoms with Gasteiger partial charge in [0.2, 0.25) is 0 Å². The van der Waals surface area contributed by atoms with E-state index in [0.29, 0.717) is 43.8 Å². The number of fused-ring (bicyclic) bond motifs is 1. The van der Waals surface area contributed by atoms with Crippen LogP contribution in [-0.4, -0.2) is 30.9 Å².